The van der Waals surface area contributed by atoms with Crippen LogP contribution < -0.4 is 0 Å². The van der Waals surface area contributed by atoms with Gasteiger partial charge in [0.25, 0.3) is 5.91 Å². The Morgan fingerprint density at radius 1 is 1.25 bits per heavy atom. The first-order chi connectivity index (χ1) is 9.84. The maximum Gasteiger partial charge on any atom is 0.264 e. The predicted octanol–water partition coefficient (Wildman–Crippen LogP) is 2.83. The summed E-state index contributed by atoms with van der Waals surface area (Å²) in [5.41, 5.74) is 1.24. The van der Waals surface area contributed by atoms with Gasteiger partial charge in [-0.15, -0.1) is 11.3 Å². The molecule has 0 saturated carbocycles. The molecule has 1 aromatic heterocycles. The molecule has 0 spiro atoms. The lowest BCUT2D eigenvalue weighted by Crippen LogP contribution is -2.49. The molecule has 20 heavy (non-hydrogen) atoms. The summed E-state index contributed by atoms with van der Waals surface area (Å²) in [5.74, 6) is 0.129. The Kier molecular flexibility index (Phi) is 4.14. The van der Waals surface area contributed by atoms with Crippen LogP contribution in [0, 0.1) is 0 Å². The van der Waals surface area contributed by atoms with E-state index in [9.17, 15) is 4.79 Å². The van der Waals surface area contributed by atoms with Gasteiger partial charge in [-0.3, -0.25) is 4.79 Å². The second-order valence-corrected chi connectivity index (χ2v) is 5.84. The quantitative estimate of drug-likeness (QED) is 0.869. The van der Waals surface area contributed by atoms with Crippen LogP contribution in [0.25, 0.3) is 0 Å². The minimum Gasteiger partial charge on any atom is -0.377 e. The Morgan fingerprint density at radius 2 is 2.10 bits per heavy atom. The van der Waals surface area contributed by atoms with Crippen LogP contribution in [0.2, 0.25) is 0 Å². The third-order valence-electron chi connectivity index (χ3n) is 3.53. The van der Waals surface area contributed by atoms with Gasteiger partial charge in [0.2, 0.25) is 0 Å². The zero-order chi connectivity index (χ0) is 13.8. The molecule has 1 aromatic carbocycles. The van der Waals surface area contributed by atoms with Crippen molar-refractivity contribution < 1.29 is 9.53 Å². The van der Waals surface area contributed by atoms with Crippen molar-refractivity contribution in [3.05, 3.63) is 58.3 Å². The average molecular weight is 287 g/mol. The normalized spacial score (nSPS) is 19.0. The second-order valence-electron chi connectivity index (χ2n) is 4.89. The summed E-state index contributed by atoms with van der Waals surface area (Å²) < 4.78 is 5.56. The Hall–Kier alpha value is -1.65. The molecule has 2 heterocycles. The molecule has 0 bridgehead atoms. The monoisotopic (exact) mass is 287 g/mol. The van der Waals surface area contributed by atoms with Crippen LogP contribution in [-0.4, -0.2) is 36.6 Å². The summed E-state index contributed by atoms with van der Waals surface area (Å²) in [5, 5.41) is 1.94. The van der Waals surface area contributed by atoms with Crippen molar-refractivity contribution in [2.24, 2.45) is 0 Å². The van der Waals surface area contributed by atoms with Crippen LogP contribution in [0.15, 0.2) is 47.8 Å². The first-order valence-corrected chi connectivity index (χ1v) is 7.69. The molecule has 0 aliphatic carbocycles. The molecular formula is C16H17NO2S. The predicted molar refractivity (Wildman–Crippen MR) is 80.1 cm³/mol. The number of amides is 1. The van der Waals surface area contributed by atoms with Gasteiger partial charge in [-0.1, -0.05) is 36.4 Å². The van der Waals surface area contributed by atoms with Crippen LogP contribution in [0.1, 0.15) is 15.2 Å². The largest absolute Gasteiger partial charge is 0.377 e. The number of hydrogen-bond acceptors (Lipinski definition) is 3. The lowest BCUT2D eigenvalue weighted by Gasteiger charge is -2.35. The average Bonchev–Trinajstić information content (AvgIpc) is 3.02. The van der Waals surface area contributed by atoms with Gasteiger partial charge in [-0.25, -0.2) is 0 Å². The van der Waals surface area contributed by atoms with Crippen molar-refractivity contribution in [2.75, 3.05) is 19.8 Å². The molecule has 1 unspecified atom stereocenters. The summed E-state index contributed by atoms with van der Waals surface area (Å²) in [4.78, 5) is 15.3. The van der Waals surface area contributed by atoms with Crippen molar-refractivity contribution in [1.29, 1.82) is 0 Å². The zero-order valence-corrected chi connectivity index (χ0v) is 12.0. The molecule has 3 nitrogen and oxygen atoms in total. The van der Waals surface area contributed by atoms with Crippen molar-refractivity contribution in [3.63, 3.8) is 0 Å². The molecule has 1 saturated heterocycles. The van der Waals surface area contributed by atoms with Gasteiger partial charge < -0.3 is 9.64 Å². The smallest absolute Gasteiger partial charge is 0.264 e. The van der Waals surface area contributed by atoms with E-state index in [0.717, 1.165) is 11.3 Å². The Bertz CT molecular complexity index is 553. The highest BCUT2D eigenvalue weighted by Crippen LogP contribution is 2.19. The van der Waals surface area contributed by atoms with E-state index in [1.54, 1.807) is 0 Å². The summed E-state index contributed by atoms with van der Waals surface area (Å²) in [6.07, 6.45) is 0.845. The van der Waals surface area contributed by atoms with Gasteiger partial charge in [0.1, 0.15) is 0 Å². The minimum atomic E-state index is 0.126. The highest BCUT2D eigenvalue weighted by molar-refractivity contribution is 7.12. The van der Waals surface area contributed by atoms with Gasteiger partial charge >= 0.3 is 0 Å². The first kappa shape index (κ1) is 13.3. The number of nitrogens with zero attached hydrogens (tertiary/aromatic N) is 1. The SMILES string of the molecule is O=C(c1cccs1)N1CCOCC1Cc1ccccc1. The molecule has 104 valence electrons. The van der Waals surface area contributed by atoms with E-state index in [1.807, 2.05) is 40.6 Å². The lowest BCUT2D eigenvalue weighted by atomic mass is 10.0. The van der Waals surface area contributed by atoms with E-state index in [4.69, 9.17) is 4.74 Å². The van der Waals surface area contributed by atoms with Crippen molar-refractivity contribution >= 4 is 17.2 Å². The number of ether oxygens (including phenoxy) is 1. The number of morpholine rings is 1. The topological polar surface area (TPSA) is 29.5 Å². The van der Waals surface area contributed by atoms with Gasteiger partial charge in [0.05, 0.1) is 24.1 Å². The highest BCUT2D eigenvalue weighted by Gasteiger charge is 2.28. The van der Waals surface area contributed by atoms with Crippen LogP contribution in [0.4, 0.5) is 0 Å². The number of rotatable bonds is 3. The third-order valence-corrected chi connectivity index (χ3v) is 4.39. The minimum absolute atomic E-state index is 0.126. The van der Waals surface area contributed by atoms with E-state index < -0.39 is 0 Å². The highest BCUT2D eigenvalue weighted by atomic mass is 32.1. The number of thiophene rings is 1. The van der Waals surface area contributed by atoms with E-state index in [-0.39, 0.29) is 11.9 Å². The van der Waals surface area contributed by atoms with Gasteiger partial charge in [0, 0.05) is 6.54 Å². The van der Waals surface area contributed by atoms with Crippen LogP contribution in [-0.2, 0) is 11.2 Å². The fourth-order valence-electron chi connectivity index (χ4n) is 2.52. The van der Waals surface area contributed by atoms with Gasteiger partial charge in [0.15, 0.2) is 0 Å². The molecule has 1 aliphatic heterocycles. The maximum atomic E-state index is 12.5. The third kappa shape index (κ3) is 2.92. The lowest BCUT2D eigenvalue weighted by molar-refractivity contribution is -0.00137. The van der Waals surface area contributed by atoms with Crippen molar-refractivity contribution in [2.45, 2.75) is 12.5 Å². The van der Waals surface area contributed by atoms with E-state index in [0.29, 0.717) is 19.8 Å². The summed E-state index contributed by atoms with van der Waals surface area (Å²) in [7, 11) is 0. The summed E-state index contributed by atoms with van der Waals surface area (Å²) >= 11 is 1.50. The number of carbonyl (C=O) groups excluding carboxylic acids is 1. The summed E-state index contributed by atoms with van der Waals surface area (Å²) in [6.45, 7) is 1.92. The molecule has 4 heteroatoms. The van der Waals surface area contributed by atoms with Crippen LogP contribution in [0.5, 0.6) is 0 Å². The van der Waals surface area contributed by atoms with Crippen LogP contribution in [0.3, 0.4) is 0 Å². The van der Waals surface area contributed by atoms with Gasteiger partial charge in [-0.05, 0) is 23.4 Å². The zero-order valence-electron chi connectivity index (χ0n) is 11.2. The van der Waals surface area contributed by atoms with Crippen LogP contribution >= 0.6 is 11.3 Å². The van der Waals surface area contributed by atoms with E-state index in [1.165, 1.54) is 16.9 Å². The molecule has 1 fully saturated rings. The molecule has 0 N–H and O–H groups in total. The molecular weight excluding hydrogens is 270 g/mol. The second kappa shape index (κ2) is 6.20. The standard InChI is InChI=1S/C16H17NO2S/c18-16(15-7-4-10-20-15)17-8-9-19-12-14(17)11-13-5-2-1-3-6-13/h1-7,10,14H,8-9,11-12H2. The number of hydrogen-bond donors (Lipinski definition) is 0. The number of carbonyl (C=O) groups is 1. The first-order valence-electron chi connectivity index (χ1n) is 6.81. The molecule has 1 amide bonds. The number of benzene rings is 1. The molecule has 0 radical (unpaired) electrons. The maximum absolute atomic E-state index is 12.5. The summed E-state index contributed by atoms with van der Waals surface area (Å²) in [6, 6.07) is 14.2. The fourth-order valence-corrected chi connectivity index (χ4v) is 3.20. The van der Waals surface area contributed by atoms with E-state index in [2.05, 4.69) is 12.1 Å². The molecule has 1 atom stereocenters. The fraction of sp³-hybridized carbons (Fsp3) is 0.312. The Labute approximate surface area is 122 Å². The Balaban J connectivity index is 1.76. The van der Waals surface area contributed by atoms with Crippen molar-refractivity contribution in [3.8, 4) is 0 Å². The van der Waals surface area contributed by atoms with Gasteiger partial charge in [-0.2, -0.15) is 0 Å². The van der Waals surface area contributed by atoms with E-state index >= 15 is 0 Å². The molecule has 3 rings (SSSR count). The molecule has 1 aliphatic rings. The molecule has 2 aromatic rings. The Morgan fingerprint density at radius 3 is 2.85 bits per heavy atom. The van der Waals surface area contributed by atoms with Crippen molar-refractivity contribution in [1.82, 2.24) is 4.90 Å².